The smallest absolute Gasteiger partial charge is 0.141 e. The second-order valence-electron chi connectivity index (χ2n) is 4.53. The lowest BCUT2D eigenvalue weighted by Crippen LogP contribution is -2.15. The quantitative estimate of drug-likeness (QED) is 0.871. The van der Waals surface area contributed by atoms with Crippen molar-refractivity contribution in [2.45, 2.75) is 32.7 Å². The van der Waals surface area contributed by atoms with Crippen LogP contribution in [0.5, 0.6) is 0 Å². The Morgan fingerprint density at radius 2 is 2.22 bits per heavy atom. The van der Waals surface area contributed by atoms with Gasteiger partial charge in [0.15, 0.2) is 0 Å². The predicted molar refractivity (Wildman–Crippen MR) is 68.5 cm³/mol. The molecule has 0 saturated carbocycles. The summed E-state index contributed by atoms with van der Waals surface area (Å²) in [5.41, 5.74) is 8.11. The van der Waals surface area contributed by atoms with E-state index >= 15 is 0 Å². The van der Waals surface area contributed by atoms with Gasteiger partial charge in [0.05, 0.1) is 11.9 Å². The highest BCUT2D eigenvalue weighted by Crippen LogP contribution is 2.19. The number of aryl methyl sites for hydroxylation is 2. The van der Waals surface area contributed by atoms with E-state index in [1.807, 2.05) is 13.8 Å². The van der Waals surface area contributed by atoms with Crippen molar-refractivity contribution in [1.29, 1.82) is 0 Å². The average molecular weight is 248 g/mol. The molecule has 2 rings (SSSR count). The van der Waals surface area contributed by atoms with Crippen LogP contribution >= 0.6 is 0 Å². The van der Waals surface area contributed by atoms with Gasteiger partial charge in [0, 0.05) is 18.2 Å². The van der Waals surface area contributed by atoms with Crippen LogP contribution in [0, 0.1) is 12.7 Å². The van der Waals surface area contributed by atoms with Crippen LogP contribution in [0.3, 0.4) is 0 Å². The van der Waals surface area contributed by atoms with Crippen LogP contribution in [-0.2, 0) is 6.42 Å². The Bertz CT molecular complexity index is 516. The number of hydrogen-bond donors (Lipinski definition) is 2. The summed E-state index contributed by atoms with van der Waals surface area (Å²) in [4.78, 5) is 11.7. The third kappa shape index (κ3) is 2.92. The van der Waals surface area contributed by atoms with Gasteiger partial charge in [-0.2, -0.15) is 0 Å². The van der Waals surface area contributed by atoms with Gasteiger partial charge in [-0.3, -0.25) is 4.98 Å². The molecule has 1 atom stereocenters. The molecular weight excluding hydrogens is 231 g/mol. The lowest BCUT2D eigenvalue weighted by Gasteiger charge is -2.01. The minimum absolute atomic E-state index is 0.155. The molecule has 0 amide bonds. The zero-order valence-corrected chi connectivity index (χ0v) is 10.6. The Kier molecular flexibility index (Phi) is 3.72. The third-order valence-electron chi connectivity index (χ3n) is 2.74. The predicted octanol–water partition coefficient (Wildman–Crippen LogP) is 2.20. The minimum Gasteiger partial charge on any atom is -0.346 e. The maximum atomic E-state index is 12.8. The number of halogens is 1. The first-order chi connectivity index (χ1) is 8.56. The monoisotopic (exact) mass is 248 g/mol. The molecule has 96 valence electrons. The van der Waals surface area contributed by atoms with Crippen molar-refractivity contribution >= 4 is 0 Å². The molecule has 0 saturated heterocycles. The number of H-pyrrole nitrogens is 1. The van der Waals surface area contributed by atoms with Crippen LogP contribution in [0.4, 0.5) is 4.39 Å². The highest BCUT2D eigenvalue weighted by Gasteiger charge is 2.10. The van der Waals surface area contributed by atoms with Crippen LogP contribution < -0.4 is 5.73 Å². The van der Waals surface area contributed by atoms with Gasteiger partial charge in [0.2, 0.25) is 0 Å². The molecule has 0 bridgehead atoms. The molecule has 0 spiro atoms. The normalized spacial score (nSPS) is 12.7. The number of nitrogens with zero attached hydrogens (tertiary/aromatic N) is 2. The molecule has 1 unspecified atom stereocenters. The van der Waals surface area contributed by atoms with Gasteiger partial charge in [-0.25, -0.2) is 9.37 Å². The Morgan fingerprint density at radius 3 is 2.83 bits per heavy atom. The summed E-state index contributed by atoms with van der Waals surface area (Å²) < 4.78 is 12.8. The standard InChI is InChI=1S/C13H17FN4/c1-8(15)3-6-12-17-9(2)13(18-12)11-5-4-10(14)7-16-11/h4-5,7-8H,3,6,15H2,1-2H3,(H,17,18). The van der Waals surface area contributed by atoms with E-state index in [1.165, 1.54) is 12.3 Å². The van der Waals surface area contributed by atoms with E-state index in [-0.39, 0.29) is 11.9 Å². The molecule has 0 aliphatic heterocycles. The minimum atomic E-state index is -0.343. The lowest BCUT2D eigenvalue weighted by molar-refractivity contribution is 0.621. The van der Waals surface area contributed by atoms with Gasteiger partial charge < -0.3 is 10.7 Å². The van der Waals surface area contributed by atoms with Crippen LogP contribution in [-0.4, -0.2) is 21.0 Å². The van der Waals surface area contributed by atoms with Crippen molar-refractivity contribution < 1.29 is 4.39 Å². The Labute approximate surface area is 105 Å². The molecule has 3 N–H and O–H groups in total. The number of nitrogens with two attached hydrogens (primary N) is 1. The van der Waals surface area contributed by atoms with Crippen LogP contribution in [0.2, 0.25) is 0 Å². The summed E-state index contributed by atoms with van der Waals surface area (Å²) in [7, 11) is 0. The molecular formula is C13H17FN4. The summed E-state index contributed by atoms with van der Waals surface area (Å²) >= 11 is 0. The summed E-state index contributed by atoms with van der Waals surface area (Å²) in [5, 5.41) is 0. The fraction of sp³-hybridized carbons (Fsp3) is 0.385. The zero-order valence-electron chi connectivity index (χ0n) is 10.6. The molecule has 2 aromatic heterocycles. The SMILES string of the molecule is Cc1[nH]c(CCC(C)N)nc1-c1ccc(F)cn1. The number of aromatic nitrogens is 3. The van der Waals surface area contributed by atoms with E-state index in [4.69, 9.17) is 5.73 Å². The number of imidazole rings is 1. The fourth-order valence-corrected chi connectivity index (χ4v) is 1.77. The lowest BCUT2D eigenvalue weighted by atomic mass is 10.2. The van der Waals surface area contributed by atoms with Crippen molar-refractivity contribution in [1.82, 2.24) is 15.0 Å². The first kappa shape index (κ1) is 12.7. The first-order valence-electron chi connectivity index (χ1n) is 5.99. The molecule has 0 aromatic carbocycles. The zero-order chi connectivity index (χ0) is 13.1. The van der Waals surface area contributed by atoms with Gasteiger partial charge in [0.25, 0.3) is 0 Å². The highest BCUT2D eigenvalue weighted by molar-refractivity contribution is 5.56. The molecule has 18 heavy (non-hydrogen) atoms. The van der Waals surface area contributed by atoms with Crippen molar-refractivity contribution in [3.8, 4) is 11.4 Å². The van der Waals surface area contributed by atoms with Gasteiger partial charge in [-0.15, -0.1) is 0 Å². The molecule has 2 heterocycles. The van der Waals surface area contributed by atoms with Gasteiger partial charge in [-0.1, -0.05) is 0 Å². The number of hydrogen-bond acceptors (Lipinski definition) is 3. The van der Waals surface area contributed by atoms with E-state index < -0.39 is 0 Å². The molecule has 0 aliphatic carbocycles. The number of aromatic amines is 1. The summed E-state index contributed by atoms with van der Waals surface area (Å²) in [6, 6.07) is 3.18. The molecule has 4 nitrogen and oxygen atoms in total. The molecule has 0 radical (unpaired) electrons. The summed E-state index contributed by atoms with van der Waals surface area (Å²) in [6.45, 7) is 3.90. The van der Waals surface area contributed by atoms with Crippen molar-refractivity contribution in [2.24, 2.45) is 5.73 Å². The second-order valence-corrected chi connectivity index (χ2v) is 4.53. The van der Waals surface area contributed by atoms with Crippen molar-refractivity contribution in [2.75, 3.05) is 0 Å². The van der Waals surface area contributed by atoms with Crippen molar-refractivity contribution in [3.05, 3.63) is 35.7 Å². The van der Waals surface area contributed by atoms with E-state index in [1.54, 1.807) is 6.07 Å². The Balaban J connectivity index is 2.21. The Hall–Kier alpha value is -1.75. The average Bonchev–Trinajstić information content (AvgIpc) is 2.69. The maximum absolute atomic E-state index is 12.8. The number of pyridine rings is 1. The largest absolute Gasteiger partial charge is 0.346 e. The Morgan fingerprint density at radius 1 is 1.44 bits per heavy atom. The molecule has 2 aromatic rings. The van der Waals surface area contributed by atoms with Crippen molar-refractivity contribution in [3.63, 3.8) is 0 Å². The van der Waals surface area contributed by atoms with E-state index in [2.05, 4.69) is 15.0 Å². The first-order valence-corrected chi connectivity index (χ1v) is 5.99. The fourth-order valence-electron chi connectivity index (χ4n) is 1.77. The van der Waals surface area contributed by atoms with Crippen LogP contribution in [0.25, 0.3) is 11.4 Å². The second kappa shape index (κ2) is 5.27. The maximum Gasteiger partial charge on any atom is 0.141 e. The van der Waals surface area contributed by atoms with E-state index in [9.17, 15) is 4.39 Å². The molecule has 5 heteroatoms. The summed E-state index contributed by atoms with van der Waals surface area (Å²) in [6.07, 6.45) is 2.88. The van der Waals surface area contributed by atoms with E-state index in [0.29, 0.717) is 5.69 Å². The topological polar surface area (TPSA) is 67.6 Å². The highest BCUT2D eigenvalue weighted by atomic mass is 19.1. The number of rotatable bonds is 4. The van der Waals surface area contributed by atoms with Gasteiger partial charge in [-0.05, 0) is 32.4 Å². The summed E-state index contributed by atoms with van der Waals surface area (Å²) in [5.74, 6) is 0.551. The number of nitrogens with one attached hydrogen (secondary N) is 1. The van der Waals surface area contributed by atoms with Gasteiger partial charge >= 0.3 is 0 Å². The van der Waals surface area contributed by atoms with Crippen LogP contribution in [0.15, 0.2) is 18.3 Å². The van der Waals surface area contributed by atoms with Crippen LogP contribution in [0.1, 0.15) is 24.9 Å². The van der Waals surface area contributed by atoms with Gasteiger partial charge in [0.1, 0.15) is 17.3 Å². The third-order valence-corrected chi connectivity index (χ3v) is 2.74. The molecule has 0 aliphatic rings. The van der Waals surface area contributed by atoms with E-state index in [0.717, 1.165) is 30.1 Å². The molecule has 0 fully saturated rings.